The summed E-state index contributed by atoms with van der Waals surface area (Å²) in [5.74, 6) is 1.40. The summed E-state index contributed by atoms with van der Waals surface area (Å²) in [7, 11) is 0. The lowest BCUT2D eigenvalue weighted by Crippen LogP contribution is -2.31. The first-order valence-electron chi connectivity index (χ1n) is 10.0. The normalized spacial score (nSPS) is 17.9. The van der Waals surface area contributed by atoms with Gasteiger partial charge in [0.05, 0.1) is 5.69 Å². The molecule has 0 saturated heterocycles. The van der Waals surface area contributed by atoms with E-state index in [2.05, 4.69) is 0 Å². The van der Waals surface area contributed by atoms with Gasteiger partial charge in [0.1, 0.15) is 17.0 Å². The molecule has 0 saturated carbocycles. The summed E-state index contributed by atoms with van der Waals surface area (Å²) >= 11 is 12.0. The number of anilines is 1. The second kappa shape index (κ2) is 8.32. The lowest BCUT2D eigenvalue weighted by atomic mass is 10.0. The third kappa shape index (κ3) is 5.31. The fourth-order valence-electron chi connectivity index (χ4n) is 3.64. The molecule has 0 bridgehead atoms. The van der Waals surface area contributed by atoms with E-state index < -0.39 is 12.0 Å². The Morgan fingerprint density at radius 2 is 1.68 bits per heavy atom. The molecule has 168 valence electrons. The monoisotopic (exact) mass is 466 g/mol. The van der Waals surface area contributed by atoms with E-state index >= 15 is 0 Å². The van der Waals surface area contributed by atoms with Crippen molar-refractivity contribution in [2.75, 3.05) is 5.73 Å². The van der Waals surface area contributed by atoms with Crippen molar-refractivity contribution in [1.82, 2.24) is 0 Å². The van der Waals surface area contributed by atoms with E-state index in [9.17, 15) is 4.79 Å². The number of amides is 1. The Labute approximate surface area is 192 Å². The topological polar surface area (TPSA) is 96.8 Å². The first-order valence-corrected chi connectivity index (χ1v) is 10.8. The third-order valence-corrected chi connectivity index (χ3v) is 5.58. The van der Waals surface area contributed by atoms with E-state index in [0.29, 0.717) is 33.7 Å². The van der Waals surface area contributed by atoms with Gasteiger partial charge < -0.3 is 25.7 Å². The minimum atomic E-state index is -0.706. The van der Waals surface area contributed by atoms with Crippen LogP contribution in [0.3, 0.4) is 0 Å². The fourth-order valence-corrected chi connectivity index (χ4v) is 4.10. The van der Waals surface area contributed by atoms with Crippen molar-refractivity contribution in [2.45, 2.75) is 64.8 Å². The fraction of sp³-hybridized carbons (Fsp3) is 0.435. The van der Waals surface area contributed by atoms with Crippen molar-refractivity contribution in [2.24, 2.45) is 5.73 Å². The molecule has 31 heavy (non-hydrogen) atoms. The first-order chi connectivity index (χ1) is 14.3. The Bertz CT molecular complexity index is 1020. The summed E-state index contributed by atoms with van der Waals surface area (Å²) in [5.41, 5.74) is 13.1. The molecule has 6 nitrogen and oxygen atoms in total. The molecule has 0 spiro atoms. The SMILES string of the molecule is CC(Oc1ccc(Cl)c2c1OC(C)(C)C2)C(N)=O.CC1(C)Cc2cc(Cl)cc(N)c2O1. The van der Waals surface area contributed by atoms with Crippen LogP contribution in [-0.4, -0.2) is 23.2 Å². The van der Waals surface area contributed by atoms with Crippen LogP contribution in [0, 0.1) is 0 Å². The number of nitrogen functional groups attached to an aromatic ring is 1. The van der Waals surface area contributed by atoms with Gasteiger partial charge in [-0.1, -0.05) is 23.2 Å². The average molecular weight is 467 g/mol. The van der Waals surface area contributed by atoms with Gasteiger partial charge >= 0.3 is 0 Å². The van der Waals surface area contributed by atoms with Crippen LogP contribution in [-0.2, 0) is 17.6 Å². The molecule has 2 aliphatic rings. The molecule has 2 aliphatic heterocycles. The Kier molecular flexibility index (Phi) is 6.27. The molecule has 8 heteroatoms. The van der Waals surface area contributed by atoms with Crippen molar-refractivity contribution in [3.63, 3.8) is 0 Å². The lowest BCUT2D eigenvalue weighted by Gasteiger charge is -2.19. The Balaban J connectivity index is 0.000000185. The highest BCUT2D eigenvalue weighted by Gasteiger charge is 2.35. The molecule has 2 aromatic rings. The van der Waals surface area contributed by atoms with Crippen molar-refractivity contribution in [3.8, 4) is 17.2 Å². The number of primary amides is 1. The van der Waals surface area contributed by atoms with E-state index in [1.54, 1.807) is 25.1 Å². The van der Waals surface area contributed by atoms with Crippen LogP contribution < -0.4 is 25.7 Å². The summed E-state index contributed by atoms with van der Waals surface area (Å²) in [6.45, 7) is 9.64. The van der Waals surface area contributed by atoms with Gasteiger partial charge in [0, 0.05) is 34.0 Å². The van der Waals surface area contributed by atoms with Gasteiger partial charge in [-0.05, 0) is 58.9 Å². The minimum Gasteiger partial charge on any atom is -0.485 e. The number of carbonyl (C=O) groups is 1. The molecule has 0 aromatic heterocycles. The number of hydrogen-bond acceptors (Lipinski definition) is 5. The molecule has 1 amide bonds. The molecule has 1 atom stereocenters. The van der Waals surface area contributed by atoms with Crippen molar-refractivity contribution < 1.29 is 19.0 Å². The maximum Gasteiger partial charge on any atom is 0.258 e. The predicted molar refractivity (Wildman–Crippen MR) is 123 cm³/mol. The minimum absolute atomic E-state index is 0.152. The van der Waals surface area contributed by atoms with Crippen molar-refractivity contribution in [3.05, 3.63) is 45.4 Å². The zero-order valence-corrected chi connectivity index (χ0v) is 19.9. The van der Waals surface area contributed by atoms with E-state index in [-0.39, 0.29) is 11.2 Å². The number of ether oxygens (including phenoxy) is 3. The predicted octanol–water partition coefficient (Wildman–Crippen LogP) is 4.94. The van der Waals surface area contributed by atoms with E-state index in [1.165, 1.54) is 0 Å². The molecule has 4 N–H and O–H groups in total. The molecule has 0 aliphatic carbocycles. The standard InChI is InChI=1S/C13H16ClNO3.C10H12ClNO/c1-7(12(15)16)17-10-5-4-9(14)8-6-13(2,3)18-11(8)10;1-10(2)5-6-3-7(11)4-8(12)9(6)13-10/h4-5,7H,6H2,1-3H3,(H2,15,16);3-4H,5,12H2,1-2H3. The van der Waals surface area contributed by atoms with Crippen molar-refractivity contribution >= 4 is 34.8 Å². The van der Waals surface area contributed by atoms with Gasteiger partial charge in [-0.2, -0.15) is 0 Å². The Morgan fingerprint density at radius 1 is 1.06 bits per heavy atom. The summed E-state index contributed by atoms with van der Waals surface area (Å²) in [6, 6.07) is 7.08. The summed E-state index contributed by atoms with van der Waals surface area (Å²) in [6.07, 6.45) is 0.874. The van der Waals surface area contributed by atoms with E-state index in [1.807, 2.05) is 33.8 Å². The summed E-state index contributed by atoms with van der Waals surface area (Å²) < 4.78 is 17.0. The summed E-state index contributed by atoms with van der Waals surface area (Å²) in [4.78, 5) is 11.0. The average Bonchev–Trinajstić information content (AvgIpc) is 3.13. The van der Waals surface area contributed by atoms with Crippen LogP contribution in [0.4, 0.5) is 5.69 Å². The number of halogens is 2. The molecule has 2 aromatic carbocycles. The highest BCUT2D eigenvalue weighted by atomic mass is 35.5. The van der Waals surface area contributed by atoms with E-state index in [4.69, 9.17) is 48.9 Å². The number of carbonyl (C=O) groups excluding carboxylic acids is 1. The van der Waals surface area contributed by atoms with Crippen LogP contribution in [0.1, 0.15) is 45.7 Å². The number of hydrogen-bond donors (Lipinski definition) is 2. The van der Waals surface area contributed by atoms with E-state index in [0.717, 1.165) is 23.3 Å². The number of rotatable bonds is 3. The highest BCUT2D eigenvalue weighted by molar-refractivity contribution is 6.31. The molecular formula is C23H28Cl2N2O4. The smallest absolute Gasteiger partial charge is 0.258 e. The van der Waals surface area contributed by atoms with Gasteiger partial charge in [-0.15, -0.1) is 0 Å². The second-order valence-electron chi connectivity index (χ2n) is 9.08. The van der Waals surface area contributed by atoms with Crippen LogP contribution in [0.2, 0.25) is 10.0 Å². The zero-order chi connectivity index (χ0) is 23.1. The molecule has 0 fully saturated rings. The number of benzene rings is 2. The second-order valence-corrected chi connectivity index (χ2v) is 9.92. The first kappa shape index (κ1) is 23.4. The van der Waals surface area contributed by atoms with Crippen LogP contribution in [0.5, 0.6) is 17.2 Å². The molecule has 2 heterocycles. The highest BCUT2D eigenvalue weighted by Crippen LogP contribution is 2.45. The van der Waals surface area contributed by atoms with Gasteiger partial charge in [0.25, 0.3) is 5.91 Å². The summed E-state index contributed by atoms with van der Waals surface area (Å²) in [5, 5.41) is 1.33. The number of nitrogens with two attached hydrogens (primary N) is 2. The van der Waals surface area contributed by atoms with Crippen LogP contribution in [0.15, 0.2) is 24.3 Å². The largest absolute Gasteiger partial charge is 0.485 e. The zero-order valence-electron chi connectivity index (χ0n) is 18.3. The molecule has 0 radical (unpaired) electrons. The number of fused-ring (bicyclic) bond motifs is 2. The van der Waals surface area contributed by atoms with Crippen LogP contribution >= 0.6 is 23.2 Å². The molecule has 1 unspecified atom stereocenters. The van der Waals surface area contributed by atoms with Crippen LogP contribution in [0.25, 0.3) is 0 Å². The van der Waals surface area contributed by atoms with Gasteiger partial charge in [0.2, 0.25) is 0 Å². The van der Waals surface area contributed by atoms with Gasteiger partial charge in [-0.3, -0.25) is 4.79 Å². The Morgan fingerprint density at radius 3 is 2.32 bits per heavy atom. The Hall–Kier alpha value is -2.31. The molecular weight excluding hydrogens is 439 g/mol. The maximum atomic E-state index is 11.0. The van der Waals surface area contributed by atoms with Crippen molar-refractivity contribution in [1.29, 1.82) is 0 Å². The quantitative estimate of drug-likeness (QED) is 0.624. The maximum absolute atomic E-state index is 11.0. The molecule has 4 rings (SSSR count). The lowest BCUT2D eigenvalue weighted by molar-refractivity contribution is -0.124. The third-order valence-electron chi connectivity index (χ3n) is 5.01. The van der Waals surface area contributed by atoms with Gasteiger partial charge in [0.15, 0.2) is 17.6 Å². The van der Waals surface area contributed by atoms with Gasteiger partial charge in [-0.25, -0.2) is 0 Å².